The Morgan fingerprint density at radius 2 is 0.875 bits per heavy atom. The molecule has 0 aliphatic carbocycles. The Kier molecular flexibility index (Phi) is 15.0. The molecular weight excluding hydrogens is 663 g/mol. The maximum Gasteiger partial charge on any atom is 3.00 e. The second-order valence-electron chi connectivity index (χ2n) is 6.86. The van der Waals surface area contributed by atoms with E-state index >= 15 is 0 Å². The fourth-order valence-corrected chi connectivity index (χ4v) is 2.30. The van der Waals surface area contributed by atoms with Crippen molar-refractivity contribution in [2.24, 2.45) is 0 Å². The van der Waals surface area contributed by atoms with Crippen molar-refractivity contribution in [2.45, 2.75) is 0 Å². The number of anilines is 1. The SMILES string of the molecule is CN(C)c1ccccc1.[O-]B(O)Oc1c(F)c(F)c(F)c(F)c1F.[O-]B([O-])Oc1c(F)c(F)c(F)c(F)c1F.[Ru+3]. The van der Waals surface area contributed by atoms with Crippen molar-refractivity contribution >= 4 is 20.3 Å². The number of para-hydroxylation sites is 1. The van der Waals surface area contributed by atoms with Gasteiger partial charge in [0.25, 0.3) is 0 Å². The van der Waals surface area contributed by atoms with Gasteiger partial charge in [-0.2, -0.15) is 17.6 Å². The number of rotatable bonds is 5. The van der Waals surface area contributed by atoms with Crippen molar-refractivity contribution in [2.75, 3.05) is 19.0 Å². The maximum absolute atomic E-state index is 12.7. The Morgan fingerprint density at radius 1 is 0.575 bits per heavy atom. The van der Waals surface area contributed by atoms with Gasteiger partial charge in [-0.1, -0.05) is 18.2 Å². The summed E-state index contributed by atoms with van der Waals surface area (Å²) >= 11 is 0. The van der Waals surface area contributed by atoms with E-state index in [1.54, 1.807) is 0 Å². The largest absolute Gasteiger partial charge is 3.00 e. The summed E-state index contributed by atoms with van der Waals surface area (Å²) in [4.78, 5) is 2.08. The Labute approximate surface area is 232 Å². The van der Waals surface area contributed by atoms with Gasteiger partial charge >= 0.3 is 26.8 Å². The van der Waals surface area contributed by atoms with E-state index in [0.29, 0.717) is 0 Å². The molecule has 0 spiro atoms. The molecule has 3 aromatic carbocycles. The van der Waals surface area contributed by atoms with Crippen LogP contribution in [0, 0.1) is 58.2 Å². The Bertz CT molecular complexity index is 1150. The molecule has 40 heavy (non-hydrogen) atoms. The van der Waals surface area contributed by atoms with E-state index in [4.69, 9.17) is 5.02 Å². The molecular formula is C20H12B2F10NO6Ru. The minimum absolute atomic E-state index is 0. The van der Waals surface area contributed by atoms with Crippen molar-refractivity contribution < 1.29 is 92.8 Å². The maximum atomic E-state index is 12.7. The van der Waals surface area contributed by atoms with Crippen LogP contribution in [0.25, 0.3) is 0 Å². The van der Waals surface area contributed by atoms with Gasteiger partial charge in [-0.3, -0.25) is 0 Å². The molecule has 7 nitrogen and oxygen atoms in total. The molecule has 0 aliphatic heterocycles. The van der Waals surface area contributed by atoms with E-state index < -0.39 is 84.3 Å². The smallest absolute Gasteiger partial charge is 0.860 e. The topological polar surface area (TPSA) is 111 Å². The molecule has 0 bridgehead atoms. The Balaban J connectivity index is 0.000000581. The van der Waals surface area contributed by atoms with Crippen LogP contribution in [0.4, 0.5) is 49.6 Å². The summed E-state index contributed by atoms with van der Waals surface area (Å²) in [5.41, 5.74) is 1.25. The van der Waals surface area contributed by atoms with E-state index in [0.717, 1.165) is 0 Å². The zero-order valence-corrected chi connectivity index (χ0v) is 21.3. The summed E-state index contributed by atoms with van der Waals surface area (Å²) in [6, 6.07) is 10.3. The van der Waals surface area contributed by atoms with Crippen LogP contribution in [-0.2, 0) is 19.5 Å². The Hall–Kier alpha value is -3.05. The van der Waals surface area contributed by atoms with Crippen LogP contribution in [-0.4, -0.2) is 33.8 Å². The molecule has 0 aliphatic rings. The molecule has 0 aromatic heterocycles. The van der Waals surface area contributed by atoms with Gasteiger partial charge in [0.1, 0.15) is 7.32 Å². The first-order chi connectivity index (χ1) is 18.0. The van der Waals surface area contributed by atoms with Gasteiger partial charge in [0.2, 0.25) is 58.2 Å². The van der Waals surface area contributed by atoms with E-state index in [1.807, 2.05) is 32.3 Å². The molecule has 3 aromatic rings. The molecule has 1 radical (unpaired) electrons. The van der Waals surface area contributed by atoms with Crippen LogP contribution in [0.1, 0.15) is 0 Å². The fourth-order valence-electron chi connectivity index (χ4n) is 2.30. The summed E-state index contributed by atoms with van der Waals surface area (Å²) in [5, 5.41) is 37.7. The predicted molar refractivity (Wildman–Crippen MR) is 108 cm³/mol. The number of hydrogen-bond donors (Lipinski definition) is 1. The first-order valence-electron chi connectivity index (χ1n) is 9.76. The van der Waals surface area contributed by atoms with Gasteiger partial charge in [-0.25, -0.2) is 26.3 Å². The number of hydrogen-bond acceptors (Lipinski definition) is 7. The second kappa shape index (κ2) is 16.3. The summed E-state index contributed by atoms with van der Waals surface area (Å²) in [5.74, 6) is -26.9. The zero-order chi connectivity index (χ0) is 30.2. The van der Waals surface area contributed by atoms with Crippen molar-refractivity contribution in [1.29, 1.82) is 0 Å². The van der Waals surface area contributed by atoms with Crippen molar-refractivity contribution in [3.63, 3.8) is 0 Å². The van der Waals surface area contributed by atoms with Crippen LogP contribution in [0.15, 0.2) is 30.3 Å². The molecule has 0 atom stereocenters. The minimum Gasteiger partial charge on any atom is -0.860 e. The first kappa shape index (κ1) is 37.0. The van der Waals surface area contributed by atoms with E-state index in [1.165, 1.54) is 5.69 Å². The van der Waals surface area contributed by atoms with Crippen LogP contribution in [0.5, 0.6) is 11.5 Å². The average Bonchev–Trinajstić information content (AvgIpc) is 2.90. The number of benzene rings is 3. The van der Waals surface area contributed by atoms with Gasteiger partial charge in [0, 0.05) is 19.8 Å². The van der Waals surface area contributed by atoms with Crippen LogP contribution in [0.2, 0.25) is 0 Å². The average molecular weight is 675 g/mol. The van der Waals surface area contributed by atoms with Gasteiger partial charge < -0.3 is 34.3 Å². The summed E-state index contributed by atoms with van der Waals surface area (Å²) < 4.78 is 132. The molecule has 3 rings (SSSR count). The predicted octanol–water partition coefficient (Wildman–Crippen LogP) is 1.31. The standard InChI is InChI=1S/C8H11N.C6HBF5O3.C6BF5O3.Ru/c1-9(2)8-6-4-3-5-7-8;2*8-1-2(9)4(11)6(15-7(13)14)5(12)3(1)10;/h3-7H,1-2H3;13H;;/q;-1;-2;+3. The summed E-state index contributed by atoms with van der Waals surface area (Å²) in [6.07, 6.45) is 0. The van der Waals surface area contributed by atoms with Gasteiger partial charge in [-0.15, -0.1) is 0 Å². The van der Waals surface area contributed by atoms with Gasteiger partial charge in [0.15, 0.2) is 11.5 Å². The van der Waals surface area contributed by atoms with Gasteiger partial charge in [-0.05, 0) is 12.1 Å². The fraction of sp³-hybridized carbons (Fsp3) is 0.100. The Morgan fingerprint density at radius 3 is 1.12 bits per heavy atom. The molecule has 0 amide bonds. The molecule has 0 saturated carbocycles. The third-order valence-corrected chi connectivity index (χ3v) is 4.04. The van der Waals surface area contributed by atoms with E-state index in [-0.39, 0.29) is 19.5 Å². The molecule has 0 unspecified atom stereocenters. The first-order valence-corrected chi connectivity index (χ1v) is 9.76. The third kappa shape index (κ3) is 9.55. The van der Waals surface area contributed by atoms with E-state index in [2.05, 4.69) is 26.3 Å². The molecule has 1 N–H and O–H groups in total. The monoisotopic (exact) mass is 676 g/mol. The van der Waals surface area contributed by atoms with Crippen LogP contribution < -0.4 is 29.3 Å². The van der Waals surface area contributed by atoms with Crippen LogP contribution in [0.3, 0.4) is 0 Å². The van der Waals surface area contributed by atoms with Gasteiger partial charge in [0.05, 0.1) is 0 Å². The molecule has 0 fully saturated rings. The quantitative estimate of drug-likeness (QED) is 0.188. The van der Waals surface area contributed by atoms with Crippen molar-refractivity contribution in [3.8, 4) is 11.5 Å². The molecule has 217 valence electrons. The minimum atomic E-state index is -3.20. The second-order valence-corrected chi connectivity index (χ2v) is 6.86. The summed E-state index contributed by atoms with van der Waals surface area (Å²) in [6.45, 7) is 0. The van der Waals surface area contributed by atoms with E-state index in [9.17, 15) is 59.0 Å². The van der Waals surface area contributed by atoms with Crippen molar-refractivity contribution in [1.82, 2.24) is 0 Å². The molecule has 0 heterocycles. The van der Waals surface area contributed by atoms with Crippen molar-refractivity contribution in [3.05, 3.63) is 88.5 Å². The number of halogens is 10. The normalized spacial score (nSPS) is 9.80. The van der Waals surface area contributed by atoms with Crippen LogP contribution >= 0.6 is 0 Å². The zero-order valence-electron chi connectivity index (χ0n) is 19.6. The summed E-state index contributed by atoms with van der Waals surface area (Å²) in [7, 11) is -2.07. The molecule has 0 saturated heterocycles. The third-order valence-electron chi connectivity index (χ3n) is 4.04. The number of nitrogens with zero attached hydrogens (tertiary/aromatic N) is 1. The molecule has 20 heteroatoms.